The first-order chi connectivity index (χ1) is 14.5. The van der Waals surface area contributed by atoms with Gasteiger partial charge in [-0.2, -0.15) is 18.2 Å². The molecule has 0 aliphatic carbocycles. The molecule has 0 atom stereocenters. The lowest BCUT2D eigenvalue weighted by atomic mass is 10.1. The number of carboxylic acids is 1. The van der Waals surface area contributed by atoms with E-state index in [1.807, 2.05) is 0 Å². The standard InChI is InChI=1S/C19H14ClF3N4O3S/c1-9-8-10(31-18-25-17(19(21,22)23)26-27(18)2)6-7-13(9)24-15(28)14-11(16(29)30)4-3-5-12(14)20/h3-8H,1-2H3,(H,24,28)(H,29,30). The summed E-state index contributed by atoms with van der Waals surface area (Å²) in [4.78, 5) is 28.1. The highest BCUT2D eigenvalue weighted by Crippen LogP contribution is 2.33. The van der Waals surface area contributed by atoms with Gasteiger partial charge in [-0.25, -0.2) is 9.48 Å². The van der Waals surface area contributed by atoms with Crippen LogP contribution < -0.4 is 5.32 Å². The number of benzene rings is 2. The Morgan fingerprint density at radius 2 is 1.94 bits per heavy atom. The Hall–Kier alpha value is -3.05. The molecule has 1 heterocycles. The third-order valence-corrected chi connectivity index (χ3v) is 5.45. The molecule has 0 aliphatic heterocycles. The fourth-order valence-electron chi connectivity index (χ4n) is 2.64. The number of halogens is 4. The van der Waals surface area contributed by atoms with Crippen molar-refractivity contribution in [3.8, 4) is 0 Å². The van der Waals surface area contributed by atoms with Crippen molar-refractivity contribution in [1.82, 2.24) is 14.8 Å². The molecule has 0 fully saturated rings. The van der Waals surface area contributed by atoms with Gasteiger partial charge in [0.05, 0.1) is 16.1 Å². The number of anilines is 1. The monoisotopic (exact) mass is 470 g/mol. The zero-order valence-electron chi connectivity index (χ0n) is 16.0. The second-order valence-electron chi connectivity index (χ2n) is 6.34. The molecule has 0 saturated carbocycles. The summed E-state index contributed by atoms with van der Waals surface area (Å²) in [5.41, 5.74) is 0.575. The third-order valence-electron chi connectivity index (χ3n) is 4.10. The van der Waals surface area contributed by atoms with Crippen LogP contribution >= 0.6 is 23.4 Å². The topological polar surface area (TPSA) is 97.1 Å². The number of aromatic carboxylic acids is 1. The highest BCUT2D eigenvalue weighted by Gasteiger charge is 2.36. The average molecular weight is 471 g/mol. The van der Waals surface area contributed by atoms with Crippen molar-refractivity contribution in [3.05, 3.63) is 63.9 Å². The van der Waals surface area contributed by atoms with E-state index in [4.69, 9.17) is 11.6 Å². The van der Waals surface area contributed by atoms with Gasteiger partial charge in [-0.1, -0.05) is 29.4 Å². The van der Waals surface area contributed by atoms with Crippen LogP contribution in [0.4, 0.5) is 18.9 Å². The zero-order valence-corrected chi connectivity index (χ0v) is 17.6. The van der Waals surface area contributed by atoms with E-state index >= 15 is 0 Å². The van der Waals surface area contributed by atoms with Crippen LogP contribution in [0.3, 0.4) is 0 Å². The Bertz CT molecular complexity index is 1180. The quantitative estimate of drug-likeness (QED) is 0.550. The minimum Gasteiger partial charge on any atom is -0.478 e. The largest absolute Gasteiger partial charge is 0.478 e. The van der Waals surface area contributed by atoms with Crippen molar-refractivity contribution < 1.29 is 27.9 Å². The van der Waals surface area contributed by atoms with Crippen LogP contribution in [0.5, 0.6) is 0 Å². The Morgan fingerprint density at radius 3 is 2.52 bits per heavy atom. The van der Waals surface area contributed by atoms with E-state index in [2.05, 4.69) is 15.4 Å². The lowest BCUT2D eigenvalue weighted by molar-refractivity contribution is -0.145. The molecular weight excluding hydrogens is 457 g/mol. The van der Waals surface area contributed by atoms with Gasteiger partial charge in [-0.15, -0.1) is 5.10 Å². The molecule has 31 heavy (non-hydrogen) atoms. The predicted molar refractivity (Wildman–Crippen MR) is 108 cm³/mol. The molecule has 0 bridgehead atoms. The lowest BCUT2D eigenvalue weighted by Crippen LogP contribution is -2.17. The summed E-state index contributed by atoms with van der Waals surface area (Å²) in [5.74, 6) is -3.22. The van der Waals surface area contributed by atoms with Crippen molar-refractivity contribution in [1.29, 1.82) is 0 Å². The van der Waals surface area contributed by atoms with Crippen molar-refractivity contribution in [2.45, 2.75) is 23.2 Å². The Kier molecular flexibility index (Phi) is 6.27. The molecule has 1 amide bonds. The highest BCUT2D eigenvalue weighted by molar-refractivity contribution is 7.99. The van der Waals surface area contributed by atoms with E-state index in [1.54, 1.807) is 25.1 Å². The molecule has 0 radical (unpaired) electrons. The molecule has 3 rings (SSSR count). The number of carbonyl (C=O) groups excluding carboxylic acids is 1. The first-order valence-corrected chi connectivity index (χ1v) is 9.76. The molecule has 2 aromatic carbocycles. The minimum atomic E-state index is -4.64. The third kappa shape index (κ3) is 5.00. The van der Waals surface area contributed by atoms with Crippen molar-refractivity contribution in [2.24, 2.45) is 7.05 Å². The number of nitrogens with zero attached hydrogens (tertiary/aromatic N) is 3. The number of rotatable bonds is 5. The number of amides is 1. The SMILES string of the molecule is Cc1cc(Sc2nc(C(F)(F)F)nn2C)ccc1NC(=O)c1c(Cl)cccc1C(=O)O. The molecule has 0 aliphatic rings. The van der Waals surface area contributed by atoms with Gasteiger partial charge in [0.25, 0.3) is 11.7 Å². The first kappa shape index (κ1) is 22.6. The number of alkyl halides is 3. The van der Waals surface area contributed by atoms with E-state index in [9.17, 15) is 27.9 Å². The summed E-state index contributed by atoms with van der Waals surface area (Å²) in [7, 11) is 1.36. The van der Waals surface area contributed by atoms with E-state index in [1.165, 1.54) is 25.2 Å². The maximum absolute atomic E-state index is 12.8. The van der Waals surface area contributed by atoms with Gasteiger partial charge in [0.1, 0.15) is 0 Å². The molecule has 12 heteroatoms. The zero-order chi connectivity index (χ0) is 22.9. The van der Waals surface area contributed by atoms with Gasteiger partial charge in [0.2, 0.25) is 0 Å². The van der Waals surface area contributed by atoms with Gasteiger partial charge in [0.15, 0.2) is 5.16 Å². The van der Waals surface area contributed by atoms with Gasteiger partial charge in [0, 0.05) is 17.6 Å². The number of carbonyl (C=O) groups is 2. The molecular formula is C19H14ClF3N4O3S. The van der Waals surface area contributed by atoms with Crippen LogP contribution in [-0.2, 0) is 13.2 Å². The smallest absolute Gasteiger partial charge is 0.453 e. The van der Waals surface area contributed by atoms with Gasteiger partial charge in [-0.3, -0.25) is 4.79 Å². The number of nitrogens with one attached hydrogen (secondary N) is 1. The summed E-state index contributed by atoms with van der Waals surface area (Å²) in [6.07, 6.45) is -4.64. The van der Waals surface area contributed by atoms with Crippen molar-refractivity contribution >= 4 is 40.9 Å². The average Bonchev–Trinajstić information content (AvgIpc) is 3.04. The van der Waals surface area contributed by atoms with E-state index in [0.29, 0.717) is 16.1 Å². The molecule has 0 saturated heterocycles. The van der Waals surface area contributed by atoms with E-state index in [-0.39, 0.29) is 21.3 Å². The normalized spacial score (nSPS) is 11.4. The van der Waals surface area contributed by atoms with E-state index < -0.39 is 23.9 Å². The van der Waals surface area contributed by atoms with Crippen LogP contribution in [0.2, 0.25) is 5.02 Å². The highest BCUT2D eigenvalue weighted by atomic mass is 35.5. The van der Waals surface area contributed by atoms with E-state index in [0.717, 1.165) is 16.4 Å². The Balaban J connectivity index is 1.82. The summed E-state index contributed by atoms with van der Waals surface area (Å²) in [6.45, 7) is 1.68. The fourth-order valence-corrected chi connectivity index (χ4v) is 3.79. The number of hydrogen-bond donors (Lipinski definition) is 2. The van der Waals surface area contributed by atoms with Crippen LogP contribution in [0.1, 0.15) is 32.1 Å². The number of hydrogen-bond acceptors (Lipinski definition) is 5. The van der Waals surface area contributed by atoms with Crippen LogP contribution in [0.25, 0.3) is 0 Å². The first-order valence-electron chi connectivity index (χ1n) is 8.57. The minimum absolute atomic E-state index is 0.00928. The Morgan fingerprint density at radius 1 is 1.23 bits per heavy atom. The maximum Gasteiger partial charge on any atom is 0.453 e. The maximum atomic E-state index is 12.8. The summed E-state index contributed by atoms with van der Waals surface area (Å²) in [6, 6.07) is 8.88. The van der Waals surface area contributed by atoms with Gasteiger partial charge in [-0.05, 0) is 42.8 Å². The molecule has 162 valence electrons. The van der Waals surface area contributed by atoms with Gasteiger partial charge < -0.3 is 10.4 Å². The number of aryl methyl sites for hydroxylation is 2. The predicted octanol–water partition coefficient (Wildman–Crippen LogP) is 4.90. The second-order valence-corrected chi connectivity index (χ2v) is 7.79. The van der Waals surface area contributed by atoms with Crippen molar-refractivity contribution in [2.75, 3.05) is 5.32 Å². The molecule has 7 nitrogen and oxygen atoms in total. The molecule has 3 aromatic rings. The summed E-state index contributed by atoms with van der Waals surface area (Å²) in [5, 5.41) is 15.3. The summed E-state index contributed by atoms with van der Waals surface area (Å²) >= 11 is 6.99. The van der Waals surface area contributed by atoms with Gasteiger partial charge >= 0.3 is 12.1 Å². The van der Waals surface area contributed by atoms with Crippen LogP contribution in [0.15, 0.2) is 46.5 Å². The van der Waals surface area contributed by atoms with Crippen molar-refractivity contribution in [3.63, 3.8) is 0 Å². The molecule has 2 N–H and O–H groups in total. The second kappa shape index (κ2) is 8.60. The molecule has 1 aromatic heterocycles. The number of carboxylic acid groups (broad SMARTS) is 1. The fraction of sp³-hybridized carbons (Fsp3) is 0.158. The number of aromatic nitrogens is 3. The molecule has 0 unspecified atom stereocenters. The van der Waals surface area contributed by atoms with Crippen LogP contribution in [0, 0.1) is 6.92 Å². The lowest BCUT2D eigenvalue weighted by Gasteiger charge is -2.12. The van der Waals surface area contributed by atoms with Crippen LogP contribution in [-0.4, -0.2) is 31.7 Å². The summed E-state index contributed by atoms with van der Waals surface area (Å²) < 4.78 is 39.3. The molecule has 0 spiro atoms. The Labute approximate surface area is 183 Å².